The van der Waals surface area contributed by atoms with Crippen LogP contribution in [0.2, 0.25) is 0 Å². The molecule has 40 heavy (non-hydrogen) atoms. The first-order valence-corrected chi connectivity index (χ1v) is 14.6. The van der Waals surface area contributed by atoms with E-state index in [2.05, 4.69) is 137 Å². The largest absolute Gasteiger partial charge is 0.311 e. The van der Waals surface area contributed by atoms with E-state index in [0.717, 1.165) is 0 Å². The van der Waals surface area contributed by atoms with Gasteiger partial charge in [-0.1, -0.05) is 78.9 Å². The number of hydrogen-bond acceptors (Lipinski definition) is 2. The van der Waals surface area contributed by atoms with Gasteiger partial charge >= 0.3 is 0 Å². The molecule has 2 aliphatic heterocycles. The summed E-state index contributed by atoms with van der Waals surface area (Å²) in [6, 6.07) is 47.2. The molecule has 8 aromatic rings. The molecule has 184 valence electrons. The van der Waals surface area contributed by atoms with Crippen molar-refractivity contribution in [3.63, 3.8) is 0 Å². The number of fused-ring (bicyclic) bond motifs is 11. The minimum Gasteiger partial charge on any atom is -0.311 e. The topological polar surface area (TPSA) is 8.17 Å². The van der Waals surface area contributed by atoms with Gasteiger partial charge in [0, 0.05) is 59.2 Å². The fraction of sp³-hybridized carbons (Fsp3) is 0. The molecular weight excluding hydrogens is 503 g/mol. The molecule has 0 N–H and O–H groups in total. The quantitative estimate of drug-likeness (QED) is 0.199. The van der Waals surface area contributed by atoms with Crippen LogP contribution in [-0.2, 0) is 0 Å². The number of hydrogen-bond donors (Lipinski definition) is 0. The molecule has 0 amide bonds. The SMILES string of the molecule is c1ccc(N2c3ccccc3B3c4c2cccc4-n2c4ccc5sc6ccccc6c5c4c4cccc3c42)cc1. The van der Waals surface area contributed by atoms with Crippen LogP contribution < -0.4 is 21.3 Å². The highest BCUT2D eigenvalue weighted by molar-refractivity contribution is 7.26. The number of rotatable bonds is 1. The summed E-state index contributed by atoms with van der Waals surface area (Å²) in [5.41, 5.74) is 11.8. The number of thiophene rings is 1. The summed E-state index contributed by atoms with van der Waals surface area (Å²) >= 11 is 1.90. The van der Waals surface area contributed by atoms with Crippen LogP contribution in [0.4, 0.5) is 17.1 Å². The minimum atomic E-state index is 0.178. The second-order valence-electron chi connectivity index (χ2n) is 10.9. The molecular formula is C36H21BN2S. The maximum Gasteiger partial charge on any atom is 0.252 e. The van der Waals surface area contributed by atoms with Crippen LogP contribution >= 0.6 is 11.3 Å². The van der Waals surface area contributed by atoms with Crippen molar-refractivity contribution in [2.45, 2.75) is 0 Å². The van der Waals surface area contributed by atoms with Crippen molar-refractivity contribution in [3.05, 3.63) is 127 Å². The van der Waals surface area contributed by atoms with Gasteiger partial charge in [-0.3, -0.25) is 0 Å². The lowest BCUT2D eigenvalue weighted by molar-refractivity contribution is 1.18. The Morgan fingerprint density at radius 2 is 1.23 bits per heavy atom. The van der Waals surface area contributed by atoms with Crippen molar-refractivity contribution in [2.75, 3.05) is 4.90 Å². The van der Waals surface area contributed by atoms with Crippen LogP contribution in [0.5, 0.6) is 0 Å². The molecule has 0 fully saturated rings. The third kappa shape index (κ3) is 2.46. The summed E-state index contributed by atoms with van der Waals surface area (Å²) in [5.74, 6) is 0. The van der Waals surface area contributed by atoms with E-state index in [0.29, 0.717) is 0 Å². The molecule has 2 aromatic heterocycles. The molecule has 0 spiro atoms. The third-order valence-corrected chi connectivity index (χ3v) is 10.1. The van der Waals surface area contributed by atoms with Crippen molar-refractivity contribution in [1.29, 1.82) is 0 Å². The fourth-order valence-corrected chi connectivity index (χ4v) is 8.62. The lowest BCUT2D eigenvalue weighted by Crippen LogP contribution is -2.60. The molecule has 0 aliphatic carbocycles. The van der Waals surface area contributed by atoms with E-state index in [1.54, 1.807) is 0 Å². The van der Waals surface area contributed by atoms with Crippen molar-refractivity contribution < 1.29 is 0 Å². The molecule has 0 bridgehead atoms. The lowest BCUT2D eigenvalue weighted by Gasteiger charge is -2.40. The molecule has 0 atom stereocenters. The van der Waals surface area contributed by atoms with Gasteiger partial charge in [0.1, 0.15) is 0 Å². The Morgan fingerprint density at radius 3 is 2.17 bits per heavy atom. The Balaban J connectivity index is 1.41. The molecule has 0 radical (unpaired) electrons. The van der Waals surface area contributed by atoms with E-state index >= 15 is 0 Å². The van der Waals surface area contributed by atoms with Gasteiger partial charge in [-0.25, -0.2) is 0 Å². The molecule has 0 unspecified atom stereocenters. The Hall–Kier alpha value is -4.80. The van der Waals surface area contributed by atoms with Gasteiger partial charge in [-0.05, 0) is 64.9 Å². The highest BCUT2D eigenvalue weighted by Crippen LogP contribution is 2.45. The van der Waals surface area contributed by atoms with E-state index in [-0.39, 0.29) is 6.71 Å². The van der Waals surface area contributed by atoms with Crippen LogP contribution in [0.1, 0.15) is 0 Å². The first-order chi connectivity index (χ1) is 19.9. The first kappa shape index (κ1) is 21.1. The summed E-state index contributed by atoms with van der Waals surface area (Å²) in [7, 11) is 0. The lowest BCUT2D eigenvalue weighted by atomic mass is 9.34. The van der Waals surface area contributed by atoms with Gasteiger partial charge in [-0.15, -0.1) is 11.3 Å². The average molecular weight is 524 g/mol. The van der Waals surface area contributed by atoms with Gasteiger partial charge in [0.25, 0.3) is 6.71 Å². The second kappa shape index (κ2) is 7.44. The smallest absolute Gasteiger partial charge is 0.252 e. The number of anilines is 3. The van der Waals surface area contributed by atoms with Gasteiger partial charge in [0.15, 0.2) is 0 Å². The zero-order valence-corrected chi connectivity index (χ0v) is 22.3. The van der Waals surface area contributed by atoms with Gasteiger partial charge in [0.2, 0.25) is 0 Å². The summed E-state index contributed by atoms with van der Waals surface area (Å²) in [5, 5.41) is 5.46. The molecule has 2 nitrogen and oxygen atoms in total. The predicted molar refractivity (Wildman–Crippen MR) is 173 cm³/mol. The monoisotopic (exact) mass is 524 g/mol. The Bertz CT molecular complexity index is 2350. The van der Waals surface area contributed by atoms with Crippen molar-refractivity contribution in [1.82, 2.24) is 4.57 Å². The second-order valence-corrected chi connectivity index (χ2v) is 12.0. The van der Waals surface area contributed by atoms with E-state index in [9.17, 15) is 0 Å². The fourth-order valence-electron chi connectivity index (χ4n) is 7.51. The third-order valence-electron chi connectivity index (χ3n) is 8.97. The maximum atomic E-state index is 2.55. The van der Waals surface area contributed by atoms with Crippen LogP contribution in [0.15, 0.2) is 127 Å². The molecule has 2 aliphatic rings. The number of nitrogens with zero attached hydrogens (tertiary/aromatic N) is 2. The Kier molecular flexibility index (Phi) is 3.92. The number of para-hydroxylation sites is 3. The highest BCUT2D eigenvalue weighted by Gasteiger charge is 2.41. The first-order valence-electron chi connectivity index (χ1n) is 13.8. The zero-order chi connectivity index (χ0) is 25.9. The summed E-state index contributed by atoms with van der Waals surface area (Å²) in [6.45, 7) is 0.178. The predicted octanol–water partition coefficient (Wildman–Crippen LogP) is 7.76. The summed E-state index contributed by atoms with van der Waals surface area (Å²) < 4.78 is 5.26. The molecule has 4 heterocycles. The van der Waals surface area contributed by atoms with Gasteiger partial charge < -0.3 is 9.47 Å². The number of benzene rings is 6. The average Bonchev–Trinajstić information content (AvgIpc) is 3.56. The maximum absolute atomic E-state index is 2.55. The van der Waals surface area contributed by atoms with Crippen molar-refractivity contribution in [3.8, 4) is 5.69 Å². The molecule has 0 saturated heterocycles. The van der Waals surface area contributed by atoms with Gasteiger partial charge in [-0.2, -0.15) is 0 Å². The van der Waals surface area contributed by atoms with E-state index in [1.807, 2.05) is 11.3 Å². The summed E-state index contributed by atoms with van der Waals surface area (Å²) in [4.78, 5) is 2.45. The van der Waals surface area contributed by atoms with Crippen LogP contribution in [0.25, 0.3) is 47.7 Å². The van der Waals surface area contributed by atoms with Crippen LogP contribution in [-0.4, -0.2) is 11.3 Å². The molecule has 10 rings (SSSR count). The van der Waals surface area contributed by atoms with Crippen molar-refractivity contribution in [2.24, 2.45) is 0 Å². The summed E-state index contributed by atoms with van der Waals surface area (Å²) in [6.07, 6.45) is 0. The standard InChI is InChI=1S/C36H21BN2S/c1-2-10-22(11-3-1)38-27-16-6-5-14-25(27)37-26-15-8-13-24-33-28(39(36(24)26)30-18-9-17-29(38)35(30)37)20-21-32-34(33)23-12-4-7-19-31(23)40-32/h1-21H. The Morgan fingerprint density at radius 1 is 0.500 bits per heavy atom. The molecule has 6 aromatic carbocycles. The van der Waals surface area contributed by atoms with E-state index in [1.165, 1.54) is 81.1 Å². The normalized spacial score (nSPS) is 13.4. The molecule has 4 heteroatoms. The van der Waals surface area contributed by atoms with Gasteiger partial charge in [0.05, 0.1) is 5.52 Å². The highest BCUT2D eigenvalue weighted by atomic mass is 32.1. The van der Waals surface area contributed by atoms with E-state index < -0.39 is 0 Å². The van der Waals surface area contributed by atoms with Crippen LogP contribution in [0.3, 0.4) is 0 Å². The van der Waals surface area contributed by atoms with E-state index in [4.69, 9.17) is 0 Å². The minimum absolute atomic E-state index is 0.178. The Labute approximate surface area is 235 Å². The van der Waals surface area contributed by atoms with Crippen molar-refractivity contribution >= 4 is 93.5 Å². The molecule has 0 saturated carbocycles. The number of aromatic nitrogens is 1. The zero-order valence-electron chi connectivity index (χ0n) is 21.5. The van der Waals surface area contributed by atoms with Crippen LogP contribution in [0, 0.1) is 0 Å².